The number of thioether (sulfide) groups is 1. The summed E-state index contributed by atoms with van der Waals surface area (Å²) in [6.07, 6.45) is 0.695. The van der Waals surface area contributed by atoms with E-state index in [-0.39, 0.29) is 23.4 Å². The van der Waals surface area contributed by atoms with Crippen molar-refractivity contribution in [1.29, 1.82) is 0 Å². The van der Waals surface area contributed by atoms with Gasteiger partial charge in [0.15, 0.2) is 0 Å². The quantitative estimate of drug-likeness (QED) is 0.721. The summed E-state index contributed by atoms with van der Waals surface area (Å²) < 4.78 is 45.3. The van der Waals surface area contributed by atoms with Crippen molar-refractivity contribution in [3.63, 3.8) is 0 Å². The Labute approximate surface area is 172 Å². The fourth-order valence-electron chi connectivity index (χ4n) is 4.28. The summed E-state index contributed by atoms with van der Waals surface area (Å²) >= 11 is 1.20. The molecular weight excluding hydrogens is 405 g/mol. The third kappa shape index (κ3) is 4.71. The molecule has 1 amide bonds. The molecule has 1 aromatic carbocycles. The lowest BCUT2D eigenvalue weighted by Crippen LogP contribution is -2.51. The molecule has 0 bridgehead atoms. The molecule has 1 saturated heterocycles. The molecule has 1 N–H and O–H groups in total. The van der Waals surface area contributed by atoms with Crippen molar-refractivity contribution in [3.8, 4) is 5.75 Å². The predicted octanol–water partition coefficient (Wildman–Crippen LogP) is 3.75. The van der Waals surface area contributed by atoms with Crippen LogP contribution in [0.3, 0.4) is 0 Å². The topological polar surface area (TPSA) is 58.6 Å². The Bertz CT molecular complexity index is 775. The Kier molecular flexibility index (Phi) is 6.78. The number of piperidine rings is 1. The first-order valence-electron chi connectivity index (χ1n) is 9.65. The van der Waals surface area contributed by atoms with Crippen LogP contribution in [0.5, 0.6) is 5.75 Å². The maximum atomic E-state index is 13.4. The molecule has 2 aliphatic rings. The van der Waals surface area contributed by atoms with E-state index in [1.165, 1.54) is 17.8 Å². The van der Waals surface area contributed by atoms with Gasteiger partial charge in [0.2, 0.25) is 0 Å². The van der Waals surface area contributed by atoms with Crippen molar-refractivity contribution in [1.82, 2.24) is 10.2 Å². The van der Waals surface area contributed by atoms with Crippen LogP contribution < -0.4 is 10.1 Å². The molecule has 1 aromatic rings. The maximum Gasteiger partial charge on any atom is 0.419 e. The van der Waals surface area contributed by atoms with Crippen LogP contribution in [0.2, 0.25) is 0 Å². The zero-order valence-corrected chi connectivity index (χ0v) is 17.3. The standard InChI is InChI=1S/C20H25F3N2O3S/c1-28-18-13(20(21,22)23)6-7-16(29-2)17(18)19(27)24-14-4-3-5-15(14)25-10-8-12(26)9-11-25/h6-7,14-15H,3-5,8-11H2,1-2H3,(H,24,27). The van der Waals surface area contributed by atoms with Gasteiger partial charge in [-0.15, -0.1) is 11.8 Å². The van der Waals surface area contributed by atoms with Crippen molar-refractivity contribution in [2.75, 3.05) is 26.5 Å². The van der Waals surface area contributed by atoms with E-state index >= 15 is 0 Å². The van der Waals surface area contributed by atoms with Crippen LogP contribution in [0.25, 0.3) is 0 Å². The van der Waals surface area contributed by atoms with Crippen LogP contribution in [0.4, 0.5) is 13.2 Å². The van der Waals surface area contributed by atoms with Gasteiger partial charge in [0.1, 0.15) is 11.5 Å². The Hall–Kier alpha value is -1.74. The number of amides is 1. The number of hydrogen-bond donors (Lipinski definition) is 1. The van der Waals surface area contributed by atoms with Crippen LogP contribution in [0.15, 0.2) is 17.0 Å². The first-order valence-corrected chi connectivity index (χ1v) is 10.9. The molecule has 2 fully saturated rings. The number of halogens is 3. The Morgan fingerprint density at radius 2 is 1.93 bits per heavy atom. The number of ketones is 1. The van der Waals surface area contributed by atoms with E-state index in [0.717, 1.165) is 32.4 Å². The normalized spacial score (nSPS) is 23.3. The highest BCUT2D eigenvalue weighted by Gasteiger charge is 2.39. The van der Waals surface area contributed by atoms with Crippen molar-refractivity contribution >= 4 is 23.5 Å². The number of benzene rings is 1. The zero-order valence-electron chi connectivity index (χ0n) is 16.5. The molecular formula is C20H25F3N2O3S. The van der Waals surface area contributed by atoms with Crippen molar-refractivity contribution in [2.45, 2.75) is 55.3 Å². The number of alkyl halides is 3. The summed E-state index contributed by atoms with van der Waals surface area (Å²) in [5.74, 6) is -0.750. The summed E-state index contributed by atoms with van der Waals surface area (Å²) in [6.45, 7) is 1.33. The van der Waals surface area contributed by atoms with Crippen LogP contribution in [-0.2, 0) is 11.0 Å². The molecule has 1 aliphatic carbocycles. The first-order chi connectivity index (χ1) is 13.8. The molecule has 2 unspecified atom stereocenters. The fraction of sp³-hybridized carbons (Fsp3) is 0.600. The molecule has 3 rings (SSSR count). The number of hydrogen-bond acceptors (Lipinski definition) is 5. The average Bonchev–Trinajstić information content (AvgIpc) is 3.14. The summed E-state index contributed by atoms with van der Waals surface area (Å²) in [4.78, 5) is 27.2. The number of likely N-dealkylation sites (tertiary alicyclic amines) is 1. The van der Waals surface area contributed by atoms with Crippen LogP contribution in [-0.4, -0.2) is 55.1 Å². The number of nitrogens with zero attached hydrogens (tertiary/aromatic N) is 1. The molecule has 2 atom stereocenters. The third-order valence-corrected chi connectivity index (χ3v) is 6.48. The number of nitrogens with one attached hydrogen (secondary N) is 1. The Balaban J connectivity index is 1.85. The van der Waals surface area contributed by atoms with Gasteiger partial charge >= 0.3 is 6.18 Å². The Morgan fingerprint density at radius 3 is 2.52 bits per heavy atom. The highest BCUT2D eigenvalue weighted by Crippen LogP contribution is 2.41. The predicted molar refractivity (Wildman–Crippen MR) is 104 cm³/mol. The highest BCUT2D eigenvalue weighted by molar-refractivity contribution is 7.98. The second-order valence-electron chi connectivity index (χ2n) is 7.37. The van der Waals surface area contributed by atoms with Crippen molar-refractivity contribution < 1.29 is 27.5 Å². The average molecular weight is 430 g/mol. The number of ether oxygens (including phenoxy) is 1. The third-order valence-electron chi connectivity index (χ3n) is 5.70. The van der Waals surface area contributed by atoms with Gasteiger partial charge in [0.05, 0.1) is 18.2 Å². The number of Topliss-reactive ketones (excluding diaryl/α,β-unsaturated/α-hetero) is 1. The van der Waals surface area contributed by atoms with Crippen molar-refractivity contribution in [2.24, 2.45) is 0 Å². The summed E-state index contributed by atoms with van der Waals surface area (Å²) in [6, 6.07) is 2.20. The summed E-state index contributed by atoms with van der Waals surface area (Å²) in [5.41, 5.74) is -1.03. The molecule has 29 heavy (non-hydrogen) atoms. The molecule has 9 heteroatoms. The van der Waals surface area contributed by atoms with Gasteiger partial charge < -0.3 is 10.1 Å². The van der Waals surface area contributed by atoms with Gasteiger partial charge in [-0.3, -0.25) is 14.5 Å². The van der Waals surface area contributed by atoms with E-state index in [9.17, 15) is 22.8 Å². The number of carbonyl (C=O) groups excluding carboxylic acids is 2. The van der Waals surface area contributed by atoms with Crippen LogP contribution in [0, 0.1) is 0 Å². The fourth-order valence-corrected chi connectivity index (χ4v) is 4.87. The molecule has 1 aliphatic heterocycles. The second-order valence-corrected chi connectivity index (χ2v) is 8.22. The maximum absolute atomic E-state index is 13.4. The smallest absolute Gasteiger partial charge is 0.419 e. The number of rotatable bonds is 5. The van der Waals surface area contributed by atoms with E-state index in [2.05, 4.69) is 10.2 Å². The molecule has 0 aromatic heterocycles. The van der Waals surface area contributed by atoms with Gasteiger partial charge in [-0.2, -0.15) is 13.2 Å². The van der Waals surface area contributed by atoms with Crippen LogP contribution in [0.1, 0.15) is 48.0 Å². The first kappa shape index (κ1) is 22.0. The van der Waals surface area contributed by atoms with Gasteiger partial charge in [-0.25, -0.2) is 0 Å². The Morgan fingerprint density at radius 1 is 1.24 bits per heavy atom. The minimum absolute atomic E-state index is 0.0747. The second kappa shape index (κ2) is 8.95. The minimum Gasteiger partial charge on any atom is -0.495 e. The molecule has 1 saturated carbocycles. The lowest BCUT2D eigenvalue weighted by molar-refractivity contribution is -0.138. The van der Waals surface area contributed by atoms with Crippen molar-refractivity contribution in [3.05, 3.63) is 23.3 Å². The zero-order chi connectivity index (χ0) is 21.2. The van der Waals surface area contributed by atoms with Gasteiger partial charge in [0, 0.05) is 42.9 Å². The van der Waals surface area contributed by atoms with E-state index in [1.54, 1.807) is 6.26 Å². The lowest BCUT2D eigenvalue weighted by atomic mass is 10.0. The van der Waals surface area contributed by atoms with E-state index in [1.807, 2.05) is 0 Å². The minimum atomic E-state index is -4.62. The highest BCUT2D eigenvalue weighted by atomic mass is 32.2. The van der Waals surface area contributed by atoms with Crippen LogP contribution >= 0.6 is 11.8 Å². The summed E-state index contributed by atoms with van der Waals surface area (Å²) in [5, 5.41) is 2.96. The number of carbonyl (C=O) groups is 2. The monoisotopic (exact) mass is 430 g/mol. The van der Waals surface area contributed by atoms with E-state index in [0.29, 0.717) is 30.8 Å². The van der Waals surface area contributed by atoms with E-state index in [4.69, 9.17) is 4.74 Å². The molecule has 0 radical (unpaired) electrons. The molecule has 1 heterocycles. The molecule has 160 valence electrons. The molecule has 5 nitrogen and oxygen atoms in total. The van der Waals surface area contributed by atoms with Gasteiger partial charge in [0.25, 0.3) is 5.91 Å². The lowest BCUT2D eigenvalue weighted by Gasteiger charge is -2.35. The van der Waals surface area contributed by atoms with E-state index < -0.39 is 23.4 Å². The largest absolute Gasteiger partial charge is 0.495 e. The van der Waals surface area contributed by atoms with Gasteiger partial charge in [-0.05, 0) is 37.7 Å². The van der Waals surface area contributed by atoms with Gasteiger partial charge in [-0.1, -0.05) is 0 Å². The SMILES string of the molecule is COc1c(C(F)(F)F)ccc(SC)c1C(=O)NC1CCCC1N1CCC(=O)CC1. The summed E-state index contributed by atoms with van der Waals surface area (Å²) in [7, 11) is 1.15. The number of methoxy groups -OCH3 is 1. The molecule has 0 spiro atoms.